The molecule has 0 bridgehead atoms. The highest BCUT2D eigenvalue weighted by Crippen LogP contribution is 2.18. The first-order valence-corrected chi connectivity index (χ1v) is 6.91. The van der Waals surface area contributed by atoms with Crippen molar-refractivity contribution in [3.63, 3.8) is 0 Å². The predicted molar refractivity (Wildman–Crippen MR) is 82.1 cm³/mol. The molecule has 0 atom stereocenters. The molecule has 1 aromatic heterocycles. The number of hydrogen-bond acceptors (Lipinski definition) is 2. The largest absolute Gasteiger partial charge is 0.489 e. The summed E-state index contributed by atoms with van der Waals surface area (Å²) in [6.07, 6.45) is 3.65. The quantitative estimate of drug-likeness (QED) is 0.631. The van der Waals surface area contributed by atoms with E-state index in [1.54, 1.807) is 0 Å². The van der Waals surface area contributed by atoms with E-state index in [9.17, 15) is 0 Å². The molecule has 0 radical (unpaired) electrons. The average Bonchev–Trinajstić information content (AvgIpc) is 2.44. The maximum Gasteiger partial charge on any atom is 0.120 e. The zero-order chi connectivity index (χ0) is 14.4. The summed E-state index contributed by atoms with van der Waals surface area (Å²) in [6, 6.07) is 7.94. The van der Waals surface area contributed by atoms with Gasteiger partial charge in [-0.15, -0.1) is 11.6 Å². The van der Waals surface area contributed by atoms with E-state index in [4.69, 9.17) is 16.3 Å². The van der Waals surface area contributed by atoms with Gasteiger partial charge in [-0.3, -0.25) is 4.98 Å². The second-order valence-corrected chi connectivity index (χ2v) is 4.84. The van der Waals surface area contributed by atoms with Crippen LogP contribution in [0.4, 0.5) is 0 Å². The minimum atomic E-state index is 0.345. The van der Waals surface area contributed by atoms with Gasteiger partial charge in [0.1, 0.15) is 12.4 Å². The average molecular weight is 286 g/mol. The van der Waals surface area contributed by atoms with Crippen molar-refractivity contribution >= 4 is 11.6 Å². The second kappa shape index (κ2) is 6.98. The number of aryl methyl sites for hydroxylation is 2. The molecule has 0 unspecified atom stereocenters. The summed E-state index contributed by atoms with van der Waals surface area (Å²) in [5.74, 6) is 7.06. The number of alkyl halides is 1. The first-order chi connectivity index (χ1) is 9.69. The van der Waals surface area contributed by atoms with Gasteiger partial charge in [0, 0.05) is 23.5 Å². The standard InChI is InChI=1S/C17H16ClNO/c1-13-8-15(11-19-10-13)12-20-17-6-5-16(4-3-7-18)14(2)9-17/h5-6,8-11H,7,12H2,1-2H3. The van der Waals surface area contributed by atoms with Crippen LogP contribution >= 0.6 is 11.6 Å². The summed E-state index contributed by atoms with van der Waals surface area (Å²) in [6.45, 7) is 4.55. The van der Waals surface area contributed by atoms with E-state index >= 15 is 0 Å². The molecule has 0 N–H and O–H groups in total. The highest BCUT2D eigenvalue weighted by atomic mass is 35.5. The zero-order valence-electron chi connectivity index (χ0n) is 11.6. The number of aromatic nitrogens is 1. The number of ether oxygens (including phenoxy) is 1. The Hall–Kier alpha value is -1.98. The summed E-state index contributed by atoms with van der Waals surface area (Å²) in [7, 11) is 0. The fourth-order valence-electron chi connectivity index (χ4n) is 1.86. The number of benzene rings is 1. The normalized spacial score (nSPS) is 9.75. The summed E-state index contributed by atoms with van der Waals surface area (Å²) < 4.78 is 5.77. The molecule has 0 spiro atoms. The maximum atomic E-state index is 5.77. The van der Waals surface area contributed by atoms with Crippen molar-refractivity contribution in [3.8, 4) is 17.6 Å². The smallest absolute Gasteiger partial charge is 0.120 e. The summed E-state index contributed by atoms with van der Waals surface area (Å²) in [4.78, 5) is 4.15. The third-order valence-corrected chi connectivity index (χ3v) is 2.96. The molecule has 102 valence electrons. The van der Waals surface area contributed by atoms with Gasteiger partial charge < -0.3 is 4.74 Å². The van der Waals surface area contributed by atoms with Gasteiger partial charge in [-0.05, 0) is 49.2 Å². The Morgan fingerprint density at radius 3 is 2.75 bits per heavy atom. The van der Waals surface area contributed by atoms with Crippen LogP contribution in [-0.2, 0) is 6.61 Å². The van der Waals surface area contributed by atoms with E-state index in [1.807, 2.05) is 44.4 Å². The van der Waals surface area contributed by atoms with Crippen LogP contribution in [0.15, 0.2) is 36.7 Å². The van der Waals surface area contributed by atoms with E-state index in [2.05, 4.69) is 22.9 Å². The summed E-state index contributed by atoms with van der Waals surface area (Å²) in [5, 5.41) is 0. The van der Waals surface area contributed by atoms with Crippen LogP contribution in [0.5, 0.6) is 5.75 Å². The number of nitrogens with zero attached hydrogens (tertiary/aromatic N) is 1. The zero-order valence-corrected chi connectivity index (χ0v) is 12.4. The van der Waals surface area contributed by atoms with E-state index < -0.39 is 0 Å². The predicted octanol–water partition coefficient (Wildman–Crippen LogP) is 3.87. The molecular formula is C17H16ClNO. The molecule has 0 aliphatic rings. The molecule has 2 nitrogen and oxygen atoms in total. The van der Waals surface area contributed by atoms with Gasteiger partial charge in [-0.25, -0.2) is 0 Å². The van der Waals surface area contributed by atoms with E-state index in [1.165, 1.54) is 0 Å². The molecule has 20 heavy (non-hydrogen) atoms. The molecule has 0 amide bonds. The van der Waals surface area contributed by atoms with Crippen LogP contribution in [0.3, 0.4) is 0 Å². The SMILES string of the molecule is Cc1cncc(COc2ccc(C#CCCl)c(C)c2)c1. The minimum absolute atomic E-state index is 0.345. The molecule has 1 aromatic carbocycles. The van der Waals surface area contributed by atoms with Gasteiger partial charge >= 0.3 is 0 Å². The molecule has 0 saturated heterocycles. The van der Waals surface area contributed by atoms with Crippen LogP contribution in [0.2, 0.25) is 0 Å². The molecule has 2 rings (SSSR count). The van der Waals surface area contributed by atoms with Gasteiger partial charge in [0.05, 0.1) is 5.88 Å². The number of rotatable bonds is 3. The van der Waals surface area contributed by atoms with Crippen molar-refractivity contribution in [3.05, 3.63) is 58.9 Å². The van der Waals surface area contributed by atoms with Crippen molar-refractivity contribution in [1.29, 1.82) is 0 Å². The summed E-state index contributed by atoms with van der Waals surface area (Å²) >= 11 is 5.56. The molecule has 2 aromatic rings. The van der Waals surface area contributed by atoms with Crippen molar-refractivity contribution in [2.75, 3.05) is 5.88 Å². The van der Waals surface area contributed by atoms with Gasteiger partial charge in [-0.1, -0.05) is 11.8 Å². The lowest BCUT2D eigenvalue weighted by Gasteiger charge is -2.08. The minimum Gasteiger partial charge on any atom is -0.489 e. The summed E-state index contributed by atoms with van der Waals surface area (Å²) in [5.41, 5.74) is 4.26. The van der Waals surface area contributed by atoms with Gasteiger partial charge in [0.25, 0.3) is 0 Å². The Kier molecular flexibility index (Phi) is 5.03. The second-order valence-electron chi connectivity index (χ2n) is 4.57. The lowest BCUT2D eigenvalue weighted by atomic mass is 10.1. The number of halogens is 1. The van der Waals surface area contributed by atoms with Crippen LogP contribution in [-0.4, -0.2) is 10.9 Å². The Labute approximate surface area is 124 Å². The topological polar surface area (TPSA) is 22.1 Å². The first-order valence-electron chi connectivity index (χ1n) is 6.38. The monoisotopic (exact) mass is 285 g/mol. The highest BCUT2D eigenvalue weighted by molar-refractivity contribution is 6.19. The molecule has 0 aliphatic carbocycles. The van der Waals surface area contributed by atoms with Crippen molar-refractivity contribution < 1.29 is 4.74 Å². The maximum absolute atomic E-state index is 5.77. The van der Waals surface area contributed by atoms with Gasteiger partial charge in [0.15, 0.2) is 0 Å². The molecular weight excluding hydrogens is 270 g/mol. The number of pyridine rings is 1. The fourth-order valence-corrected chi connectivity index (χ4v) is 1.92. The Bertz CT molecular complexity index is 656. The molecule has 0 aliphatic heterocycles. The first kappa shape index (κ1) is 14.4. The third kappa shape index (κ3) is 4.01. The molecule has 1 heterocycles. The van der Waals surface area contributed by atoms with E-state index in [-0.39, 0.29) is 0 Å². The van der Waals surface area contributed by atoms with Crippen LogP contribution in [0.25, 0.3) is 0 Å². The fraction of sp³-hybridized carbons (Fsp3) is 0.235. The Morgan fingerprint density at radius 2 is 2.05 bits per heavy atom. The van der Waals surface area contributed by atoms with Crippen LogP contribution < -0.4 is 4.74 Å². The molecule has 0 saturated carbocycles. The lowest BCUT2D eigenvalue weighted by molar-refractivity contribution is 0.305. The molecule has 0 fully saturated rings. The van der Waals surface area contributed by atoms with E-state index in [0.29, 0.717) is 12.5 Å². The highest BCUT2D eigenvalue weighted by Gasteiger charge is 2.00. The molecule has 3 heteroatoms. The third-order valence-electron chi connectivity index (χ3n) is 2.82. The van der Waals surface area contributed by atoms with E-state index in [0.717, 1.165) is 28.0 Å². The Morgan fingerprint density at radius 1 is 1.20 bits per heavy atom. The van der Waals surface area contributed by atoms with Crippen molar-refractivity contribution in [1.82, 2.24) is 4.98 Å². The van der Waals surface area contributed by atoms with Gasteiger partial charge in [0.2, 0.25) is 0 Å². The van der Waals surface area contributed by atoms with Crippen molar-refractivity contribution in [2.45, 2.75) is 20.5 Å². The number of hydrogen-bond donors (Lipinski definition) is 0. The van der Waals surface area contributed by atoms with Crippen LogP contribution in [0.1, 0.15) is 22.3 Å². The Balaban J connectivity index is 2.05. The van der Waals surface area contributed by atoms with Crippen molar-refractivity contribution in [2.24, 2.45) is 0 Å². The lowest BCUT2D eigenvalue weighted by Crippen LogP contribution is -1.97. The van der Waals surface area contributed by atoms with Crippen LogP contribution in [0, 0.1) is 25.7 Å². The van der Waals surface area contributed by atoms with Gasteiger partial charge in [-0.2, -0.15) is 0 Å².